The molecule has 0 spiro atoms. The van der Waals surface area contributed by atoms with Gasteiger partial charge >= 0.3 is 0 Å². The van der Waals surface area contributed by atoms with E-state index < -0.39 is 0 Å². The van der Waals surface area contributed by atoms with Gasteiger partial charge in [0, 0.05) is 24.7 Å². The van der Waals surface area contributed by atoms with E-state index in [0.29, 0.717) is 12.5 Å². The average molecular weight is 264 g/mol. The number of nitriles is 1. The molecule has 0 saturated heterocycles. The van der Waals surface area contributed by atoms with E-state index in [1.54, 1.807) is 30.2 Å². The van der Waals surface area contributed by atoms with Crippen LogP contribution in [0.15, 0.2) is 23.5 Å². The number of guanidine groups is 1. The van der Waals surface area contributed by atoms with Crippen molar-refractivity contribution in [1.82, 2.24) is 20.6 Å². The fraction of sp³-hybridized carbons (Fsp3) is 0.455. The molecule has 1 aromatic heterocycles. The first kappa shape index (κ1) is 14.3. The first-order valence-electron chi connectivity index (χ1n) is 5.64. The fourth-order valence-electron chi connectivity index (χ4n) is 1.15. The first-order valence-corrected chi connectivity index (χ1v) is 6.79. The Morgan fingerprint density at radius 2 is 2.28 bits per heavy atom. The molecule has 0 aliphatic carbocycles. The molecule has 1 rings (SSSR count). The molecule has 0 bridgehead atoms. The molecular weight excluding hydrogens is 248 g/mol. The van der Waals surface area contributed by atoms with Crippen molar-refractivity contribution in [1.29, 1.82) is 5.26 Å². The molecule has 2 N–H and O–H groups in total. The van der Waals surface area contributed by atoms with Crippen LogP contribution in [0, 0.1) is 11.5 Å². The van der Waals surface area contributed by atoms with Crippen molar-refractivity contribution in [3.63, 3.8) is 0 Å². The summed E-state index contributed by atoms with van der Waals surface area (Å²) in [5.41, 5.74) is 0. The van der Waals surface area contributed by atoms with E-state index >= 15 is 0 Å². The van der Waals surface area contributed by atoms with Crippen molar-refractivity contribution in [2.45, 2.75) is 12.7 Å². The van der Waals surface area contributed by atoms with Gasteiger partial charge in [0.1, 0.15) is 5.82 Å². The van der Waals surface area contributed by atoms with Crippen LogP contribution in [-0.4, -0.2) is 34.8 Å². The van der Waals surface area contributed by atoms with Crippen molar-refractivity contribution in [2.75, 3.05) is 18.8 Å². The number of rotatable bonds is 6. The molecule has 0 unspecified atom stereocenters. The minimum atomic E-state index is 0.525. The van der Waals surface area contributed by atoms with E-state index in [2.05, 4.69) is 25.6 Å². The zero-order chi connectivity index (χ0) is 13.1. The molecule has 0 fully saturated rings. The maximum atomic E-state index is 8.51. The quantitative estimate of drug-likeness (QED) is 0.259. The van der Waals surface area contributed by atoms with E-state index in [1.165, 1.54) is 0 Å². The topological polar surface area (TPSA) is 86.0 Å². The van der Waals surface area contributed by atoms with E-state index in [9.17, 15) is 0 Å². The van der Waals surface area contributed by atoms with Gasteiger partial charge in [0.15, 0.2) is 6.19 Å². The lowest BCUT2D eigenvalue weighted by atomic mass is 10.6. The predicted octanol–water partition coefficient (Wildman–Crippen LogP) is 0.746. The Morgan fingerprint density at radius 1 is 1.50 bits per heavy atom. The Bertz CT molecular complexity index is 400. The lowest BCUT2D eigenvalue weighted by Crippen LogP contribution is -2.34. The summed E-state index contributed by atoms with van der Waals surface area (Å²) < 4.78 is 0. The van der Waals surface area contributed by atoms with Crippen molar-refractivity contribution >= 4 is 17.7 Å². The molecule has 0 atom stereocenters. The number of hydrogen-bond acceptors (Lipinski definition) is 5. The number of nitrogens with zero attached hydrogens (tertiary/aromatic N) is 4. The lowest BCUT2D eigenvalue weighted by Gasteiger charge is -2.04. The Kier molecular flexibility index (Phi) is 7.32. The summed E-state index contributed by atoms with van der Waals surface area (Å²) >= 11 is 1.71. The summed E-state index contributed by atoms with van der Waals surface area (Å²) in [6.07, 6.45) is 5.32. The highest BCUT2D eigenvalue weighted by atomic mass is 32.2. The van der Waals surface area contributed by atoms with Gasteiger partial charge in [-0.15, -0.1) is 0 Å². The minimum Gasteiger partial charge on any atom is -0.356 e. The summed E-state index contributed by atoms with van der Waals surface area (Å²) in [6.45, 7) is 3.34. The third-order valence-electron chi connectivity index (χ3n) is 1.87. The van der Waals surface area contributed by atoms with Gasteiger partial charge in [-0.3, -0.25) is 10.3 Å². The number of aromatic nitrogens is 2. The van der Waals surface area contributed by atoms with E-state index in [-0.39, 0.29) is 0 Å². The van der Waals surface area contributed by atoms with Crippen LogP contribution in [0.1, 0.15) is 12.7 Å². The standard InChI is InChI=1S/C11H16N6S/c1-2-13-11(17-9-12)16-6-7-18-8-10-14-4-3-5-15-10/h3-5H,2,6-8H2,1H3,(H2,13,16,17). The predicted molar refractivity (Wildman–Crippen MR) is 72.9 cm³/mol. The van der Waals surface area contributed by atoms with Crippen LogP contribution in [0.3, 0.4) is 0 Å². The second-order valence-corrected chi connectivity index (χ2v) is 4.32. The second kappa shape index (κ2) is 9.24. The van der Waals surface area contributed by atoms with Crippen molar-refractivity contribution < 1.29 is 0 Å². The molecule has 0 amide bonds. The van der Waals surface area contributed by atoms with Crippen LogP contribution >= 0.6 is 11.8 Å². The Balaban J connectivity index is 2.21. The monoisotopic (exact) mass is 264 g/mol. The second-order valence-electron chi connectivity index (χ2n) is 3.22. The molecular formula is C11H16N6S. The van der Waals surface area contributed by atoms with Gasteiger partial charge in [0.2, 0.25) is 5.96 Å². The summed E-state index contributed by atoms with van der Waals surface area (Å²) in [6, 6.07) is 1.80. The number of aliphatic imine (C=N–C) groups is 1. The lowest BCUT2D eigenvalue weighted by molar-refractivity contribution is 0.910. The molecule has 1 heterocycles. The van der Waals surface area contributed by atoms with Crippen LogP contribution in [0.4, 0.5) is 0 Å². The van der Waals surface area contributed by atoms with Gasteiger partial charge in [-0.1, -0.05) is 0 Å². The van der Waals surface area contributed by atoms with Crippen LogP contribution in [0.2, 0.25) is 0 Å². The summed E-state index contributed by atoms with van der Waals surface area (Å²) in [7, 11) is 0. The highest BCUT2D eigenvalue weighted by Crippen LogP contribution is 2.06. The molecule has 0 aliphatic heterocycles. The normalized spacial score (nSPS) is 10.8. The minimum absolute atomic E-state index is 0.525. The molecule has 96 valence electrons. The Hall–Kier alpha value is -1.81. The number of nitrogens with one attached hydrogen (secondary N) is 2. The number of hydrogen-bond donors (Lipinski definition) is 2. The zero-order valence-corrected chi connectivity index (χ0v) is 11.1. The Labute approximate surface area is 111 Å². The first-order chi connectivity index (χ1) is 8.86. The van der Waals surface area contributed by atoms with E-state index in [4.69, 9.17) is 5.26 Å². The largest absolute Gasteiger partial charge is 0.356 e. The smallest absolute Gasteiger partial charge is 0.204 e. The third kappa shape index (κ3) is 6.06. The zero-order valence-electron chi connectivity index (χ0n) is 10.3. The summed E-state index contributed by atoms with van der Waals surface area (Å²) in [5.74, 6) is 2.99. The number of thioether (sulfide) groups is 1. The Morgan fingerprint density at radius 3 is 2.94 bits per heavy atom. The summed E-state index contributed by atoms with van der Waals surface area (Å²) in [4.78, 5) is 12.5. The van der Waals surface area contributed by atoms with Gasteiger partial charge in [-0.25, -0.2) is 9.97 Å². The molecule has 0 aliphatic rings. The molecule has 0 radical (unpaired) electrons. The van der Waals surface area contributed by atoms with Crippen LogP contribution in [-0.2, 0) is 5.75 Å². The summed E-state index contributed by atoms with van der Waals surface area (Å²) in [5, 5.41) is 14.0. The highest BCUT2D eigenvalue weighted by Gasteiger charge is 1.96. The van der Waals surface area contributed by atoms with Gasteiger partial charge < -0.3 is 5.32 Å². The third-order valence-corrected chi connectivity index (χ3v) is 2.81. The molecule has 0 saturated carbocycles. The van der Waals surface area contributed by atoms with E-state index in [0.717, 1.165) is 23.9 Å². The van der Waals surface area contributed by atoms with Gasteiger partial charge in [0.25, 0.3) is 0 Å². The maximum Gasteiger partial charge on any atom is 0.204 e. The molecule has 6 nitrogen and oxygen atoms in total. The molecule has 7 heteroatoms. The molecule has 18 heavy (non-hydrogen) atoms. The van der Waals surface area contributed by atoms with Crippen molar-refractivity contribution in [3.05, 3.63) is 24.3 Å². The maximum absolute atomic E-state index is 8.51. The fourth-order valence-corrected chi connectivity index (χ4v) is 1.85. The van der Waals surface area contributed by atoms with Crippen molar-refractivity contribution in [3.8, 4) is 6.19 Å². The van der Waals surface area contributed by atoms with Crippen LogP contribution in [0.25, 0.3) is 0 Å². The van der Waals surface area contributed by atoms with Crippen molar-refractivity contribution in [2.24, 2.45) is 4.99 Å². The van der Waals surface area contributed by atoms with E-state index in [1.807, 2.05) is 13.1 Å². The molecule has 1 aromatic rings. The van der Waals surface area contributed by atoms with Gasteiger partial charge in [-0.05, 0) is 13.0 Å². The molecule has 0 aromatic carbocycles. The SMILES string of the molecule is CCNC(=NCCSCc1ncccn1)NC#N. The van der Waals surface area contributed by atoms with Gasteiger partial charge in [0.05, 0.1) is 12.3 Å². The highest BCUT2D eigenvalue weighted by molar-refractivity contribution is 7.98. The average Bonchev–Trinajstić information content (AvgIpc) is 2.40. The van der Waals surface area contributed by atoms with Crippen LogP contribution < -0.4 is 10.6 Å². The van der Waals surface area contributed by atoms with Gasteiger partial charge in [-0.2, -0.15) is 17.0 Å². The van der Waals surface area contributed by atoms with Crippen LogP contribution in [0.5, 0.6) is 0 Å².